The fourth-order valence-corrected chi connectivity index (χ4v) is 7.68. The summed E-state index contributed by atoms with van der Waals surface area (Å²) in [6.45, 7) is 11.5. The number of unbranched alkanes of at least 4 members (excludes halogenated alkanes) is 1. The van der Waals surface area contributed by atoms with Crippen molar-refractivity contribution in [3.05, 3.63) is 40.2 Å². The Bertz CT molecular complexity index is 1680. The molecule has 0 unspecified atom stereocenters. The molecule has 0 spiro atoms. The lowest BCUT2D eigenvalue weighted by atomic mass is 9.88. The number of hydrogen-bond acceptors (Lipinski definition) is 11. The smallest absolute Gasteiger partial charge is 0.306 e. The maximum atomic E-state index is 14.7. The van der Waals surface area contributed by atoms with Crippen LogP contribution in [0.2, 0.25) is 0 Å². The molecule has 0 saturated carbocycles. The van der Waals surface area contributed by atoms with Crippen molar-refractivity contribution in [3.8, 4) is 12.3 Å². The summed E-state index contributed by atoms with van der Waals surface area (Å²) < 4.78 is 5.83. The van der Waals surface area contributed by atoms with Gasteiger partial charge in [0.05, 0.1) is 24.7 Å². The van der Waals surface area contributed by atoms with E-state index in [0.29, 0.717) is 30.0 Å². The van der Waals surface area contributed by atoms with Crippen molar-refractivity contribution in [2.24, 2.45) is 29.6 Å². The first-order valence-corrected chi connectivity index (χ1v) is 20.8. The highest BCUT2D eigenvalue weighted by atomic mass is 32.1. The van der Waals surface area contributed by atoms with E-state index in [1.54, 1.807) is 36.6 Å². The summed E-state index contributed by atoms with van der Waals surface area (Å²) in [7, 11) is 1.96. The van der Waals surface area contributed by atoms with E-state index in [9.17, 15) is 29.1 Å². The molecule has 1 aromatic carbocycles. The number of carboxylic acid groups (broad SMARTS) is 1. The van der Waals surface area contributed by atoms with Gasteiger partial charge in [-0.1, -0.05) is 53.2 Å². The summed E-state index contributed by atoms with van der Waals surface area (Å²) in [5.41, 5.74) is 7.24. The number of hydrogen-bond donors (Lipinski definition) is 4. The normalized spacial score (nSPS) is 17.6. The molecule has 7 atom stereocenters. The predicted octanol–water partition coefficient (Wildman–Crippen LogP) is 6.05. The van der Waals surface area contributed by atoms with E-state index in [4.69, 9.17) is 21.7 Å². The Balaban J connectivity index is 1.93. The zero-order chi connectivity index (χ0) is 42.2. The van der Waals surface area contributed by atoms with Crippen LogP contribution < -0.4 is 16.4 Å². The molecule has 0 aliphatic carbocycles. The quantitative estimate of drug-likeness (QED) is 0.0270. The molecule has 0 bridgehead atoms. The van der Waals surface area contributed by atoms with Crippen LogP contribution in [0, 0.1) is 41.9 Å². The molecule has 3 rings (SSSR count). The lowest BCUT2D eigenvalue weighted by Gasteiger charge is -2.38. The number of amides is 3. The lowest BCUT2D eigenvalue weighted by molar-refractivity contribution is -0.215. The third-order valence-electron chi connectivity index (χ3n) is 10.5. The second-order valence-corrected chi connectivity index (χ2v) is 16.4. The fraction of sp³-hybridized carbons (Fsp3) is 0.619. The Morgan fingerprint density at radius 2 is 1.81 bits per heavy atom. The van der Waals surface area contributed by atoms with Crippen molar-refractivity contribution in [2.75, 3.05) is 31.2 Å². The number of rotatable bonds is 22. The number of hydroxylamine groups is 2. The second kappa shape index (κ2) is 23.0. The number of aliphatic carboxylic acids is 1. The molecule has 1 fully saturated rings. The summed E-state index contributed by atoms with van der Waals surface area (Å²) in [5, 5.41) is 18.9. The van der Waals surface area contributed by atoms with E-state index in [-0.39, 0.29) is 55.6 Å². The molecule has 14 nitrogen and oxygen atoms in total. The van der Waals surface area contributed by atoms with Gasteiger partial charge in [-0.2, -0.15) is 0 Å². The number of likely N-dealkylation sites (tertiary alicyclic amines) is 1. The number of nitrogens with two attached hydrogens (primary N) is 1. The van der Waals surface area contributed by atoms with Gasteiger partial charge in [-0.05, 0) is 81.6 Å². The number of nitrogens with zero attached hydrogens (tertiary/aromatic N) is 3. The van der Waals surface area contributed by atoms with Gasteiger partial charge in [0.15, 0.2) is 6.10 Å². The van der Waals surface area contributed by atoms with Gasteiger partial charge in [0.25, 0.3) is 5.91 Å². The number of esters is 1. The van der Waals surface area contributed by atoms with E-state index in [1.165, 1.54) is 23.3 Å². The number of benzene rings is 1. The van der Waals surface area contributed by atoms with Gasteiger partial charge in [0.2, 0.25) is 11.8 Å². The first-order valence-electron chi connectivity index (χ1n) is 20.0. The minimum absolute atomic E-state index is 0.0785. The summed E-state index contributed by atoms with van der Waals surface area (Å²) in [4.78, 5) is 79.6. The minimum Gasteiger partial charge on any atom is -0.481 e. The standard InChI is InChI=1S/C42H62N6O8S/c1-9-11-14-21-55-48(41(52)37(27(5)10-2)39(51)46-36-15-12-13-20-47(36)8)33(26(3)4)24-34(56-29(7)49)40-45-35(25-57-40)44-38(50)31(22-28(6)42(53)54)23-30-16-18-32(43)19-17-30/h1,16-19,25-28,31,33-34,36-37H,10-15,20-24,43H2,2-8H3,(H,44,50)(H,46,51)(H,53,54)/t27-,28-,31+,33+,34+,36+,37-/m0/s1. The Morgan fingerprint density at radius 3 is 2.40 bits per heavy atom. The van der Waals surface area contributed by atoms with Crippen LogP contribution in [-0.2, 0) is 40.0 Å². The third kappa shape index (κ3) is 14.4. The molecule has 1 aliphatic rings. The number of ether oxygens (including phenoxy) is 1. The number of terminal acetylenes is 1. The van der Waals surface area contributed by atoms with Gasteiger partial charge in [0, 0.05) is 36.8 Å². The van der Waals surface area contributed by atoms with Crippen LogP contribution in [0.5, 0.6) is 0 Å². The average Bonchev–Trinajstić information content (AvgIpc) is 3.63. The molecule has 2 heterocycles. The zero-order valence-corrected chi connectivity index (χ0v) is 35.3. The first-order chi connectivity index (χ1) is 27.1. The van der Waals surface area contributed by atoms with Gasteiger partial charge < -0.3 is 26.2 Å². The van der Waals surface area contributed by atoms with Crippen molar-refractivity contribution in [1.82, 2.24) is 20.3 Å². The number of thiazole rings is 1. The number of nitrogen functional groups attached to an aromatic ring is 1. The molecule has 5 N–H and O–H groups in total. The highest BCUT2D eigenvalue weighted by Gasteiger charge is 2.41. The number of carbonyl (C=O) groups excluding carboxylic acids is 4. The van der Waals surface area contributed by atoms with Crippen LogP contribution in [-0.4, -0.2) is 82.1 Å². The van der Waals surface area contributed by atoms with Crippen LogP contribution >= 0.6 is 11.3 Å². The summed E-state index contributed by atoms with van der Waals surface area (Å²) in [6.07, 6.45) is 9.11. The number of anilines is 2. The monoisotopic (exact) mass is 810 g/mol. The van der Waals surface area contributed by atoms with E-state index >= 15 is 0 Å². The molecule has 0 radical (unpaired) electrons. The minimum atomic E-state index is -1.04. The molecule has 2 aromatic rings. The van der Waals surface area contributed by atoms with Crippen molar-refractivity contribution in [1.29, 1.82) is 0 Å². The molecule has 57 heavy (non-hydrogen) atoms. The molecular weight excluding hydrogens is 749 g/mol. The van der Waals surface area contributed by atoms with Gasteiger partial charge in [-0.15, -0.1) is 23.7 Å². The number of nitrogens with one attached hydrogen (secondary N) is 2. The van der Waals surface area contributed by atoms with Gasteiger partial charge in [0.1, 0.15) is 16.7 Å². The van der Waals surface area contributed by atoms with Crippen molar-refractivity contribution < 1.29 is 38.7 Å². The average molecular weight is 811 g/mol. The Morgan fingerprint density at radius 1 is 1.11 bits per heavy atom. The second-order valence-electron chi connectivity index (χ2n) is 15.5. The number of carboxylic acids is 1. The Labute approximate surface area is 341 Å². The van der Waals surface area contributed by atoms with Crippen LogP contribution in [0.25, 0.3) is 0 Å². The van der Waals surface area contributed by atoms with E-state index in [0.717, 1.165) is 31.4 Å². The Hall–Kier alpha value is -4.52. The van der Waals surface area contributed by atoms with Crippen molar-refractivity contribution in [3.63, 3.8) is 0 Å². The maximum absolute atomic E-state index is 14.7. The molecule has 1 aliphatic heterocycles. The zero-order valence-electron chi connectivity index (χ0n) is 34.5. The SMILES string of the molecule is C#CCCCON(C(=O)[C@H](C(=O)N[C@H]1CCCCN1C)[C@@H](C)CC)[C@H](C[C@@H](OC(C)=O)c1nc(NC(=O)[C@@H](Cc2ccc(N)cc2)C[C@H](C)C(=O)O)cs1)C(C)C. The number of carbonyl (C=O) groups is 5. The number of aromatic nitrogens is 1. The van der Waals surface area contributed by atoms with Gasteiger partial charge in [-0.25, -0.2) is 10.0 Å². The van der Waals surface area contributed by atoms with E-state index in [1.807, 2.05) is 34.7 Å². The topological polar surface area (TPSA) is 193 Å². The molecule has 15 heteroatoms. The van der Waals surface area contributed by atoms with E-state index in [2.05, 4.69) is 26.4 Å². The lowest BCUT2D eigenvalue weighted by Crippen LogP contribution is -2.55. The highest BCUT2D eigenvalue weighted by Crippen LogP contribution is 2.34. The van der Waals surface area contributed by atoms with Gasteiger partial charge >= 0.3 is 11.9 Å². The molecular formula is C42H62N6O8S. The van der Waals surface area contributed by atoms with E-state index < -0.39 is 53.7 Å². The van der Waals surface area contributed by atoms with Crippen LogP contribution in [0.3, 0.4) is 0 Å². The maximum Gasteiger partial charge on any atom is 0.306 e. The number of piperidine rings is 1. The highest BCUT2D eigenvalue weighted by molar-refractivity contribution is 7.10. The summed E-state index contributed by atoms with van der Waals surface area (Å²) >= 11 is 1.17. The molecule has 1 aromatic heterocycles. The van der Waals surface area contributed by atoms with Crippen molar-refractivity contribution in [2.45, 2.75) is 118 Å². The summed E-state index contributed by atoms with van der Waals surface area (Å²) in [5.74, 6) is -3.10. The van der Waals surface area contributed by atoms with Crippen molar-refractivity contribution >= 4 is 52.5 Å². The largest absolute Gasteiger partial charge is 0.481 e. The Kier molecular flexibility index (Phi) is 18.9. The van der Waals surface area contributed by atoms with Gasteiger partial charge in [-0.3, -0.25) is 33.7 Å². The van der Waals surface area contributed by atoms with Crippen LogP contribution in [0.1, 0.15) is 110 Å². The van der Waals surface area contributed by atoms with Crippen LogP contribution in [0.15, 0.2) is 29.6 Å². The third-order valence-corrected chi connectivity index (χ3v) is 11.5. The molecule has 3 amide bonds. The molecule has 314 valence electrons. The molecule has 1 saturated heterocycles. The summed E-state index contributed by atoms with van der Waals surface area (Å²) in [6, 6.07) is 6.38. The van der Waals surface area contributed by atoms with Crippen LogP contribution in [0.4, 0.5) is 11.5 Å². The predicted molar refractivity (Wildman–Crippen MR) is 220 cm³/mol. The first kappa shape index (κ1) is 46.9. The fourth-order valence-electron chi connectivity index (χ4n) is 6.89.